The average Bonchev–Trinajstić information content (AvgIpc) is 0.909. The van der Waals surface area contributed by atoms with Crippen molar-refractivity contribution in [1.29, 1.82) is 0 Å². The molecule has 0 aliphatic carbocycles. The van der Waals surface area contributed by atoms with E-state index in [1.165, 1.54) is 225 Å². The molecule has 0 aromatic carbocycles. The fourth-order valence-electron chi connectivity index (χ4n) is 12.7. The number of esters is 4. The summed E-state index contributed by atoms with van der Waals surface area (Å²) < 4.78 is 68.8. The Labute approximate surface area is 637 Å². The molecule has 0 aliphatic heterocycles. The predicted molar refractivity (Wildman–Crippen MR) is 427 cm³/mol. The van der Waals surface area contributed by atoms with Crippen LogP contribution in [0.4, 0.5) is 0 Å². The van der Waals surface area contributed by atoms with Crippen LogP contribution in [0.15, 0.2) is 24.3 Å². The monoisotopic (exact) mass is 1520 g/mol. The first-order chi connectivity index (χ1) is 50.4. The second kappa shape index (κ2) is 75.9. The zero-order valence-electron chi connectivity index (χ0n) is 67.8. The summed E-state index contributed by atoms with van der Waals surface area (Å²) in [6, 6.07) is 0. The van der Waals surface area contributed by atoms with Crippen molar-refractivity contribution in [3.63, 3.8) is 0 Å². The van der Waals surface area contributed by atoms with Crippen LogP contribution in [-0.2, 0) is 65.4 Å². The van der Waals surface area contributed by atoms with E-state index in [0.717, 1.165) is 121 Å². The molecule has 0 saturated heterocycles. The highest BCUT2D eigenvalue weighted by Gasteiger charge is 2.30. The number of phosphoric acid groups is 2. The summed E-state index contributed by atoms with van der Waals surface area (Å²) in [5, 5.41) is 10.7. The number of ether oxygens (including phenoxy) is 4. The lowest BCUT2D eigenvalue weighted by Gasteiger charge is -2.21. The van der Waals surface area contributed by atoms with E-state index in [0.29, 0.717) is 25.7 Å². The van der Waals surface area contributed by atoms with Gasteiger partial charge < -0.3 is 33.8 Å². The van der Waals surface area contributed by atoms with Gasteiger partial charge in [0.05, 0.1) is 26.4 Å². The first-order valence-corrected chi connectivity index (χ1v) is 46.3. The summed E-state index contributed by atoms with van der Waals surface area (Å²) in [6.07, 6.45) is 70.3. The van der Waals surface area contributed by atoms with Crippen LogP contribution in [0.2, 0.25) is 0 Å². The SMILES string of the molecule is CCCCCC/C=C\C=C/CCCCCCCC(=O)O[C@H](COC(=O)CCCCCCCCC(C)CC)COP(=O)(O)OC[C@H](O)COP(=O)(O)OC[C@@H](COC(=O)CCCCCCCCCCCCCCCCCCCC)OC(=O)CCCCCCCCCCCCCCCCCCCCC(C)C. The molecule has 104 heavy (non-hydrogen) atoms. The van der Waals surface area contributed by atoms with Crippen LogP contribution < -0.4 is 0 Å². The Bertz CT molecular complexity index is 2090. The number of allylic oxidation sites excluding steroid dienone is 4. The van der Waals surface area contributed by atoms with Gasteiger partial charge in [0.25, 0.3) is 0 Å². The van der Waals surface area contributed by atoms with Crippen molar-refractivity contribution in [2.24, 2.45) is 11.8 Å². The van der Waals surface area contributed by atoms with Gasteiger partial charge in [0.15, 0.2) is 12.2 Å². The van der Waals surface area contributed by atoms with Crippen LogP contribution in [-0.4, -0.2) is 96.7 Å². The van der Waals surface area contributed by atoms with Gasteiger partial charge in [0.1, 0.15) is 19.3 Å². The Morgan fingerprint density at radius 3 is 0.865 bits per heavy atom. The number of hydrogen-bond acceptors (Lipinski definition) is 15. The fraction of sp³-hybridized carbons (Fsp3) is 0.906. The first kappa shape index (κ1) is 102. The van der Waals surface area contributed by atoms with Gasteiger partial charge in [-0.1, -0.05) is 374 Å². The van der Waals surface area contributed by atoms with Crippen LogP contribution in [0.5, 0.6) is 0 Å². The number of aliphatic hydroxyl groups is 1. The van der Waals surface area contributed by atoms with E-state index in [1.807, 2.05) is 0 Å². The number of unbranched alkanes of at least 4 members (excludes halogenated alkanes) is 48. The number of hydrogen-bond donors (Lipinski definition) is 3. The van der Waals surface area contributed by atoms with Gasteiger partial charge in [-0.2, -0.15) is 0 Å². The smallest absolute Gasteiger partial charge is 0.462 e. The Hall–Kier alpha value is -2.46. The normalized spacial score (nSPS) is 14.2. The maximum atomic E-state index is 13.1. The van der Waals surface area contributed by atoms with Crippen LogP contribution in [0.1, 0.15) is 427 Å². The molecule has 0 amide bonds. The van der Waals surface area contributed by atoms with Crippen molar-refractivity contribution in [3.05, 3.63) is 24.3 Å². The molecule has 0 aromatic rings. The molecule has 0 fully saturated rings. The second-order valence-electron chi connectivity index (χ2n) is 30.6. The van der Waals surface area contributed by atoms with E-state index >= 15 is 0 Å². The van der Waals surface area contributed by atoms with E-state index < -0.39 is 97.5 Å². The highest BCUT2D eigenvalue weighted by Crippen LogP contribution is 2.45. The molecule has 3 unspecified atom stereocenters. The zero-order valence-corrected chi connectivity index (χ0v) is 69.6. The summed E-state index contributed by atoms with van der Waals surface area (Å²) >= 11 is 0. The third-order valence-corrected chi connectivity index (χ3v) is 21.6. The number of phosphoric ester groups is 2. The number of aliphatic hydroxyl groups excluding tert-OH is 1. The maximum absolute atomic E-state index is 13.1. The fourth-order valence-corrected chi connectivity index (χ4v) is 14.3. The van der Waals surface area contributed by atoms with Gasteiger partial charge in [0.2, 0.25) is 0 Å². The van der Waals surface area contributed by atoms with Crippen molar-refractivity contribution in [1.82, 2.24) is 0 Å². The molecule has 17 nitrogen and oxygen atoms in total. The first-order valence-electron chi connectivity index (χ1n) is 43.3. The minimum Gasteiger partial charge on any atom is -0.462 e. The van der Waals surface area contributed by atoms with Crippen LogP contribution in [0.3, 0.4) is 0 Å². The lowest BCUT2D eigenvalue weighted by molar-refractivity contribution is -0.161. The van der Waals surface area contributed by atoms with Gasteiger partial charge in [-0.05, 0) is 63.2 Å². The summed E-state index contributed by atoms with van der Waals surface area (Å²) in [5.74, 6) is -0.589. The molecule has 0 radical (unpaired) electrons. The van der Waals surface area contributed by atoms with Gasteiger partial charge in [-0.15, -0.1) is 0 Å². The summed E-state index contributed by atoms with van der Waals surface area (Å²) in [5.41, 5.74) is 0. The standard InChI is InChI=1S/C85H162O17P2/c1-7-10-12-14-16-18-20-22-24-25-29-33-36-40-44-48-55-61-67-82(87)95-73-80(101-84(89)69-64-58-50-46-42-38-34-30-27-26-28-32-35-39-43-47-53-59-65-77(4)5)75-99-103(91,92)97-71-79(86)72-98-104(93,94)100-76-81(74-96-83(88)68-62-56-52-51-54-60-66-78(6)9-3)102-85(90)70-63-57-49-45-41-37-31-23-21-19-17-15-13-11-8-2/h19,21,23,31,77-81,86H,7-18,20,22,24-30,32-76H2,1-6H3,(H,91,92)(H,93,94)/b21-19-,31-23-/t78?,79-,80-,81-/m1/s1. The minimum absolute atomic E-state index is 0.0844. The highest BCUT2D eigenvalue weighted by atomic mass is 31.2. The Kier molecular flexibility index (Phi) is 74.1. The zero-order chi connectivity index (χ0) is 76.4. The molecule has 0 heterocycles. The van der Waals surface area contributed by atoms with E-state index in [2.05, 4.69) is 65.8 Å². The second-order valence-corrected chi connectivity index (χ2v) is 33.5. The van der Waals surface area contributed by atoms with Gasteiger partial charge in [0, 0.05) is 25.7 Å². The predicted octanol–water partition coefficient (Wildman–Crippen LogP) is 25.4. The maximum Gasteiger partial charge on any atom is 0.472 e. The van der Waals surface area contributed by atoms with E-state index in [1.54, 1.807) is 0 Å². The Balaban J connectivity index is 5.26. The summed E-state index contributed by atoms with van der Waals surface area (Å²) in [7, 11) is -9.94. The highest BCUT2D eigenvalue weighted by molar-refractivity contribution is 7.47. The van der Waals surface area contributed by atoms with Gasteiger partial charge in [-0.3, -0.25) is 37.3 Å². The molecule has 3 N–H and O–H groups in total. The third kappa shape index (κ3) is 76.3. The summed E-state index contributed by atoms with van der Waals surface area (Å²) in [4.78, 5) is 73.1. The molecular formula is C85H162O17P2. The van der Waals surface area contributed by atoms with Crippen molar-refractivity contribution in [2.75, 3.05) is 39.6 Å². The lowest BCUT2D eigenvalue weighted by Crippen LogP contribution is -2.30. The van der Waals surface area contributed by atoms with Crippen molar-refractivity contribution in [2.45, 2.75) is 445 Å². The van der Waals surface area contributed by atoms with Crippen molar-refractivity contribution >= 4 is 39.5 Å². The van der Waals surface area contributed by atoms with Gasteiger partial charge in [-0.25, -0.2) is 9.13 Å². The number of carbonyl (C=O) groups is 4. The summed E-state index contributed by atoms with van der Waals surface area (Å²) in [6.45, 7) is 9.58. The number of rotatable bonds is 82. The molecule has 19 heteroatoms. The lowest BCUT2D eigenvalue weighted by atomic mass is 10.00. The van der Waals surface area contributed by atoms with Crippen LogP contribution in [0.25, 0.3) is 0 Å². The molecule has 0 aromatic heterocycles. The molecule has 0 bridgehead atoms. The third-order valence-electron chi connectivity index (χ3n) is 19.7. The van der Waals surface area contributed by atoms with Crippen LogP contribution >= 0.6 is 15.6 Å². The van der Waals surface area contributed by atoms with E-state index in [4.69, 9.17) is 37.0 Å². The van der Waals surface area contributed by atoms with Crippen molar-refractivity contribution < 1.29 is 80.2 Å². The molecule has 614 valence electrons. The molecule has 0 saturated carbocycles. The Morgan fingerprint density at radius 2 is 0.567 bits per heavy atom. The topological polar surface area (TPSA) is 237 Å². The van der Waals surface area contributed by atoms with E-state index in [-0.39, 0.29) is 25.7 Å². The molecule has 0 rings (SSSR count). The minimum atomic E-state index is -4.97. The molecule has 0 spiro atoms. The van der Waals surface area contributed by atoms with E-state index in [9.17, 15) is 43.2 Å². The van der Waals surface area contributed by atoms with Crippen LogP contribution in [0, 0.1) is 11.8 Å². The largest absolute Gasteiger partial charge is 0.472 e. The Morgan fingerprint density at radius 1 is 0.317 bits per heavy atom. The van der Waals surface area contributed by atoms with Gasteiger partial charge >= 0.3 is 39.5 Å². The number of carbonyl (C=O) groups excluding carboxylic acids is 4. The van der Waals surface area contributed by atoms with Crippen molar-refractivity contribution in [3.8, 4) is 0 Å². The molecule has 0 aliphatic rings. The quantitative estimate of drug-likeness (QED) is 0.0169. The molecular weight excluding hydrogens is 1350 g/mol. The molecule has 6 atom stereocenters. The average molecular weight is 1520 g/mol.